The Hall–Kier alpha value is -3.19. The number of nitro groups is 1. The molecule has 1 amide bonds. The van der Waals surface area contributed by atoms with Crippen LogP contribution in [0.1, 0.15) is 16.7 Å². The molecule has 0 aromatic heterocycles. The molecule has 7 nitrogen and oxygen atoms in total. The Morgan fingerprint density at radius 1 is 1.22 bits per heavy atom. The first kappa shape index (κ1) is 20.1. The van der Waals surface area contributed by atoms with Crippen LogP contribution in [0.25, 0.3) is 6.08 Å². The number of esters is 1. The van der Waals surface area contributed by atoms with Crippen LogP contribution >= 0.6 is 11.6 Å². The Kier molecular flexibility index (Phi) is 6.67. The van der Waals surface area contributed by atoms with Crippen LogP contribution in [0.5, 0.6) is 0 Å². The number of benzene rings is 2. The molecule has 0 heterocycles. The van der Waals surface area contributed by atoms with E-state index in [0.717, 1.165) is 5.56 Å². The molecule has 140 valence electrons. The highest BCUT2D eigenvalue weighted by Crippen LogP contribution is 2.27. The molecule has 0 saturated carbocycles. The van der Waals surface area contributed by atoms with Crippen molar-refractivity contribution in [3.8, 4) is 0 Å². The third-order valence-corrected chi connectivity index (χ3v) is 4.07. The standard InChI is InChI=1S/C19H17ClN2O5/c1-12-6-7-14(10-15(12)20)8-9-18(24)27-11-17(23)21-19-13(2)4-3-5-16(19)22(25)26/h3-10H,11H2,1-2H3,(H,21,23)/b9-8+. The lowest BCUT2D eigenvalue weighted by Gasteiger charge is -2.08. The molecule has 0 aliphatic heterocycles. The molecular formula is C19H17ClN2O5. The van der Waals surface area contributed by atoms with Gasteiger partial charge in [0.1, 0.15) is 5.69 Å². The van der Waals surface area contributed by atoms with E-state index in [4.69, 9.17) is 16.3 Å². The number of halogens is 1. The molecule has 1 N–H and O–H groups in total. The van der Waals surface area contributed by atoms with Gasteiger partial charge in [-0.2, -0.15) is 0 Å². The van der Waals surface area contributed by atoms with Crippen LogP contribution < -0.4 is 5.32 Å². The average Bonchev–Trinajstić information content (AvgIpc) is 2.62. The van der Waals surface area contributed by atoms with E-state index in [1.807, 2.05) is 13.0 Å². The molecule has 2 rings (SSSR count). The number of nitrogens with zero attached hydrogens (tertiary/aromatic N) is 1. The molecular weight excluding hydrogens is 372 g/mol. The molecule has 0 fully saturated rings. The summed E-state index contributed by atoms with van der Waals surface area (Å²) in [4.78, 5) is 34.1. The highest BCUT2D eigenvalue weighted by molar-refractivity contribution is 6.31. The van der Waals surface area contributed by atoms with Gasteiger partial charge in [0.25, 0.3) is 11.6 Å². The van der Waals surface area contributed by atoms with Gasteiger partial charge in [0, 0.05) is 17.2 Å². The van der Waals surface area contributed by atoms with Crippen molar-refractivity contribution < 1.29 is 19.2 Å². The van der Waals surface area contributed by atoms with Crippen LogP contribution in [0.2, 0.25) is 5.02 Å². The van der Waals surface area contributed by atoms with Gasteiger partial charge in [-0.25, -0.2) is 4.79 Å². The minimum atomic E-state index is -0.721. The van der Waals surface area contributed by atoms with Gasteiger partial charge in [0.2, 0.25) is 0 Å². The molecule has 0 unspecified atom stereocenters. The molecule has 0 atom stereocenters. The molecule has 2 aromatic rings. The number of hydrogen-bond donors (Lipinski definition) is 1. The number of aryl methyl sites for hydroxylation is 2. The number of anilines is 1. The first-order valence-corrected chi connectivity index (χ1v) is 8.30. The third kappa shape index (κ3) is 5.65. The van der Waals surface area contributed by atoms with E-state index in [1.165, 1.54) is 24.3 Å². The third-order valence-electron chi connectivity index (χ3n) is 3.67. The normalized spacial score (nSPS) is 10.6. The molecule has 0 aliphatic carbocycles. The van der Waals surface area contributed by atoms with E-state index in [1.54, 1.807) is 25.1 Å². The van der Waals surface area contributed by atoms with Gasteiger partial charge in [-0.1, -0.05) is 35.9 Å². The summed E-state index contributed by atoms with van der Waals surface area (Å²) in [6.07, 6.45) is 2.68. The quantitative estimate of drug-likeness (QED) is 0.348. The van der Waals surface area contributed by atoms with Crippen molar-refractivity contribution in [2.75, 3.05) is 11.9 Å². The fourth-order valence-electron chi connectivity index (χ4n) is 2.20. The zero-order chi connectivity index (χ0) is 20.0. The second kappa shape index (κ2) is 8.95. The highest BCUT2D eigenvalue weighted by Gasteiger charge is 2.18. The summed E-state index contributed by atoms with van der Waals surface area (Å²) < 4.78 is 4.85. The largest absolute Gasteiger partial charge is 0.452 e. The number of nitro benzene ring substituents is 1. The van der Waals surface area contributed by atoms with Gasteiger partial charge in [-0.05, 0) is 42.7 Å². The number of carbonyl (C=O) groups is 2. The number of nitrogens with one attached hydrogen (secondary N) is 1. The van der Waals surface area contributed by atoms with E-state index >= 15 is 0 Å². The lowest BCUT2D eigenvalue weighted by atomic mass is 10.1. The van der Waals surface area contributed by atoms with Crippen molar-refractivity contribution in [2.45, 2.75) is 13.8 Å². The predicted octanol–water partition coefficient (Wildman–Crippen LogP) is 4.06. The van der Waals surface area contributed by atoms with Crippen LogP contribution in [0.15, 0.2) is 42.5 Å². The first-order chi connectivity index (χ1) is 12.8. The maximum atomic E-state index is 11.9. The Morgan fingerprint density at radius 3 is 2.63 bits per heavy atom. The van der Waals surface area contributed by atoms with Crippen LogP contribution in [0, 0.1) is 24.0 Å². The Morgan fingerprint density at radius 2 is 1.96 bits per heavy atom. The molecule has 27 heavy (non-hydrogen) atoms. The molecule has 0 radical (unpaired) electrons. The first-order valence-electron chi connectivity index (χ1n) is 7.93. The summed E-state index contributed by atoms with van der Waals surface area (Å²) in [5.74, 6) is -1.39. The summed E-state index contributed by atoms with van der Waals surface area (Å²) >= 11 is 6.01. The van der Waals surface area contributed by atoms with E-state index in [-0.39, 0.29) is 11.4 Å². The summed E-state index contributed by atoms with van der Waals surface area (Å²) in [6, 6.07) is 9.73. The van der Waals surface area contributed by atoms with E-state index in [2.05, 4.69) is 5.32 Å². The van der Waals surface area contributed by atoms with Gasteiger partial charge in [0.15, 0.2) is 6.61 Å². The maximum absolute atomic E-state index is 11.9. The predicted molar refractivity (Wildman–Crippen MR) is 103 cm³/mol. The molecule has 8 heteroatoms. The Labute approximate surface area is 160 Å². The smallest absolute Gasteiger partial charge is 0.331 e. The fraction of sp³-hybridized carbons (Fsp3) is 0.158. The molecule has 0 spiro atoms. The number of para-hydroxylation sites is 1. The monoisotopic (exact) mass is 388 g/mol. The van der Waals surface area contributed by atoms with Crippen LogP contribution in [0.4, 0.5) is 11.4 Å². The second-order valence-electron chi connectivity index (χ2n) is 5.72. The van der Waals surface area contributed by atoms with Crippen molar-refractivity contribution in [1.29, 1.82) is 0 Å². The summed E-state index contributed by atoms with van der Waals surface area (Å²) in [5.41, 5.74) is 2.00. The van der Waals surface area contributed by atoms with Crippen molar-refractivity contribution in [3.63, 3.8) is 0 Å². The second-order valence-corrected chi connectivity index (χ2v) is 6.13. The zero-order valence-corrected chi connectivity index (χ0v) is 15.4. The van der Waals surface area contributed by atoms with E-state index in [9.17, 15) is 19.7 Å². The molecule has 2 aromatic carbocycles. The van der Waals surface area contributed by atoms with Gasteiger partial charge >= 0.3 is 5.97 Å². The van der Waals surface area contributed by atoms with Gasteiger partial charge in [-0.3, -0.25) is 14.9 Å². The van der Waals surface area contributed by atoms with Crippen LogP contribution in [0.3, 0.4) is 0 Å². The average molecular weight is 389 g/mol. The molecule has 0 bridgehead atoms. The van der Waals surface area contributed by atoms with Gasteiger partial charge in [0.05, 0.1) is 4.92 Å². The number of hydrogen-bond acceptors (Lipinski definition) is 5. The van der Waals surface area contributed by atoms with Crippen molar-refractivity contribution >= 4 is 40.9 Å². The summed E-state index contributed by atoms with van der Waals surface area (Å²) in [5, 5.41) is 14.0. The Balaban J connectivity index is 1.94. The lowest BCUT2D eigenvalue weighted by Crippen LogP contribution is -2.21. The van der Waals surface area contributed by atoms with Gasteiger partial charge in [-0.15, -0.1) is 0 Å². The van der Waals surface area contributed by atoms with Crippen LogP contribution in [-0.2, 0) is 14.3 Å². The minimum Gasteiger partial charge on any atom is -0.452 e. The number of rotatable bonds is 6. The van der Waals surface area contributed by atoms with Crippen LogP contribution in [-0.4, -0.2) is 23.4 Å². The summed E-state index contributed by atoms with van der Waals surface area (Å²) in [6.45, 7) is 2.93. The number of amides is 1. The van der Waals surface area contributed by atoms with Crippen molar-refractivity contribution in [1.82, 2.24) is 0 Å². The number of ether oxygens (including phenoxy) is 1. The lowest BCUT2D eigenvalue weighted by molar-refractivity contribution is -0.384. The fourth-order valence-corrected chi connectivity index (χ4v) is 2.39. The van der Waals surface area contributed by atoms with E-state index < -0.39 is 23.4 Å². The topological polar surface area (TPSA) is 98.5 Å². The molecule has 0 saturated heterocycles. The molecule has 0 aliphatic rings. The highest BCUT2D eigenvalue weighted by atomic mass is 35.5. The number of carbonyl (C=O) groups excluding carboxylic acids is 2. The Bertz CT molecular complexity index is 924. The van der Waals surface area contributed by atoms with Gasteiger partial charge < -0.3 is 10.1 Å². The maximum Gasteiger partial charge on any atom is 0.331 e. The summed E-state index contributed by atoms with van der Waals surface area (Å²) in [7, 11) is 0. The van der Waals surface area contributed by atoms with E-state index in [0.29, 0.717) is 16.1 Å². The zero-order valence-electron chi connectivity index (χ0n) is 14.7. The minimum absolute atomic E-state index is 0.0772. The SMILES string of the molecule is Cc1ccc(/C=C/C(=O)OCC(=O)Nc2c(C)cccc2[N+](=O)[O-])cc1Cl. The van der Waals surface area contributed by atoms with Crippen molar-refractivity contribution in [3.05, 3.63) is 74.3 Å². The van der Waals surface area contributed by atoms with Crippen molar-refractivity contribution in [2.24, 2.45) is 0 Å².